The molecule has 0 bridgehead atoms. The minimum absolute atomic E-state index is 0. The van der Waals surface area contributed by atoms with E-state index >= 15 is 0 Å². The van der Waals surface area contributed by atoms with Crippen LogP contribution in [0.2, 0.25) is 0 Å². The Bertz CT molecular complexity index is 862. The minimum Gasteiger partial charge on any atom is -0.370 e. The Hall–Kier alpha value is -2.20. The third-order valence-corrected chi connectivity index (χ3v) is 5.37. The van der Waals surface area contributed by atoms with Crippen molar-refractivity contribution in [1.29, 1.82) is 0 Å². The molecule has 1 aliphatic heterocycles. The van der Waals surface area contributed by atoms with E-state index in [0.29, 0.717) is 19.7 Å². The molecular weight excluding hydrogens is 505 g/mol. The van der Waals surface area contributed by atoms with Crippen molar-refractivity contribution in [1.82, 2.24) is 20.1 Å². The van der Waals surface area contributed by atoms with Crippen molar-refractivity contribution in [2.75, 3.05) is 46.9 Å². The molecule has 1 saturated heterocycles. The highest BCUT2D eigenvalue weighted by atomic mass is 127. The van der Waals surface area contributed by atoms with Crippen molar-refractivity contribution >= 4 is 35.8 Å². The Balaban J connectivity index is 0.00000341. The lowest BCUT2D eigenvalue weighted by molar-refractivity contribution is -0.128. The molecule has 168 valence electrons. The maximum Gasteiger partial charge on any atom is 0.241 e. The number of aromatic nitrogens is 1. The van der Waals surface area contributed by atoms with Crippen molar-refractivity contribution in [3.8, 4) is 0 Å². The van der Waals surface area contributed by atoms with Gasteiger partial charge in [-0.05, 0) is 30.2 Å². The van der Waals surface area contributed by atoms with Crippen molar-refractivity contribution in [2.24, 2.45) is 4.99 Å². The van der Waals surface area contributed by atoms with E-state index in [1.165, 1.54) is 11.1 Å². The molecule has 1 amide bonds. The summed E-state index contributed by atoms with van der Waals surface area (Å²) >= 11 is 0. The van der Waals surface area contributed by atoms with Crippen LogP contribution >= 0.6 is 24.0 Å². The number of amides is 1. The topological polar surface area (TPSA) is 70.1 Å². The van der Waals surface area contributed by atoms with Crippen LogP contribution in [0.1, 0.15) is 22.9 Å². The van der Waals surface area contributed by atoms with E-state index in [-0.39, 0.29) is 42.5 Å². The van der Waals surface area contributed by atoms with Gasteiger partial charge in [-0.2, -0.15) is 0 Å². The summed E-state index contributed by atoms with van der Waals surface area (Å²) in [6, 6.07) is 14.1. The molecule has 8 heteroatoms. The van der Waals surface area contributed by atoms with Gasteiger partial charge in [0.2, 0.25) is 5.91 Å². The SMILES string of the molecule is CN=C(NCC(=O)N(C)CCc1ccccn1)N1CCOC(c2ccccc2C)C1.I. The van der Waals surface area contributed by atoms with Crippen molar-refractivity contribution in [3.63, 3.8) is 0 Å². The van der Waals surface area contributed by atoms with Gasteiger partial charge >= 0.3 is 0 Å². The van der Waals surface area contributed by atoms with E-state index in [4.69, 9.17) is 4.74 Å². The van der Waals surface area contributed by atoms with Gasteiger partial charge < -0.3 is 19.9 Å². The molecule has 0 radical (unpaired) electrons. The fraction of sp³-hybridized carbons (Fsp3) is 0.435. The number of nitrogens with zero attached hydrogens (tertiary/aromatic N) is 4. The van der Waals surface area contributed by atoms with Gasteiger partial charge in [0.05, 0.1) is 19.7 Å². The standard InChI is InChI=1S/C23H31N5O2.HI/c1-18-8-4-5-10-20(18)21-17-28(14-15-30-21)23(24-2)26-16-22(29)27(3)13-11-19-9-6-7-12-25-19;/h4-10,12,21H,11,13-17H2,1-3H3,(H,24,26);1H. The summed E-state index contributed by atoms with van der Waals surface area (Å²) in [5.74, 6) is 0.749. The summed E-state index contributed by atoms with van der Waals surface area (Å²) in [6.07, 6.45) is 2.50. The van der Waals surface area contributed by atoms with Crippen LogP contribution in [-0.2, 0) is 16.0 Å². The van der Waals surface area contributed by atoms with Crippen LogP contribution in [0.5, 0.6) is 0 Å². The molecule has 1 fully saturated rings. The van der Waals surface area contributed by atoms with E-state index < -0.39 is 0 Å². The number of benzene rings is 1. The number of aliphatic imine (C=N–C) groups is 1. The van der Waals surface area contributed by atoms with Gasteiger partial charge in [-0.15, -0.1) is 24.0 Å². The quantitative estimate of drug-likeness (QED) is 0.349. The molecule has 1 aromatic carbocycles. The molecule has 1 unspecified atom stereocenters. The van der Waals surface area contributed by atoms with Crippen LogP contribution in [0.3, 0.4) is 0 Å². The van der Waals surface area contributed by atoms with E-state index in [1.807, 2.05) is 37.4 Å². The van der Waals surface area contributed by atoms with Crippen LogP contribution in [0.15, 0.2) is 53.7 Å². The summed E-state index contributed by atoms with van der Waals surface area (Å²) in [5, 5.41) is 3.22. The van der Waals surface area contributed by atoms with Crippen molar-refractivity contribution in [3.05, 3.63) is 65.5 Å². The van der Waals surface area contributed by atoms with Crippen LogP contribution < -0.4 is 5.32 Å². The molecule has 2 heterocycles. The van der Waals surface area contributed by atoms with Crippen LogP contribution in [0, 0.1) is 6.92 Å². The smallest absolute Gasteiger partial charge is 0.241 e. The first-order valence-electron chi connectivity index (χ1n) is 10.3. The number of morpholine rings is 1. The van der Waals surface area contributed by atoms with Gasteiger partial charge in [-0.25, -0.2) is 0 Å². The van der Waals surface area contributed by atoms with Crippen molar-refractivity contribution < 1.29 is 9.53 Å². The lowest BCUT2D eigenvalue weighted by atomic mass is 10.0. The van der Waals surface area contributed by atoms with Gasteiger partial charge in [-0.1, -0.05) is 30.3 Å². The summed E-state index contributed by atoms with van der Waals surface area (Å²) in [5.41, 5.74) is 3.40. The Morgan fingerprint density at radius 2 is 2.06 bits per heavy atom. The lowest BCUT2D eigenvalue weighted by Crippen LogP contribution is -2.50. The zero-order valence-electron chi connectivity index (χ0n) is 18.5. The molecule has 1 N–H and O–H groups in total. The van der Waals surface area contributed by atoms with Crippen LogP contribution in [0.4, 0.5) is 0 Å². The summed E-state index contributed by atoms with van der Waals surface area (Å²) in [7, 11) is 3.56. The number of likely N-dealkylation sites (N-methyl/N-ethyl adjacent to an activating group) is 1. The number of aryl methyl sites for hydroxylation is 1. The molecule has 3 rings (SSSR count). The Morgan fingerprint density at radius 1 is 1.29 bits per heavy atom. The largest absolute Gasteiger partial charge is 0.370 e. The predicted octanol–water partition coefficient (Wildman–Crippen LogP) is 2.66. The number of carbonyl (C=O) groups is 1. The third-order valence-electron chi connectivity index (χ3n) is 5.37. The highest BCUT2D eigenvalue weighted by Crippen LogP contribution is 2.24. The van der Waals surface area contributed by atoms with Gasteiger partial charge in [0, 0.05) is 45.5 Å². The van der Waals surface area contributed by atoms with E-state index in [1.54, 1.807) is 18.1 Å². The number of pyridine rings is 1. The number of halogens is 1. The highest BCUT2D eigenvalue weighted by molar-refractivity contribution is 14.0. The van der Waals surface area contributed by atoms with E-state index in [0.717, 1.165) is 24.6 Å². The number of nitrogens with one attached hydrogen (secondary N) is 1. The number of hydrogen-bond donors (Lipinski definition) is 1. The fourth-order valence-electron chi connectivity index (χ4n) is 3.55. The average Bonchev–Trinajstić information content (AvgIpc) is 2.79. The lowest BCUT2D eigenvalue weighted by Gasteiger charge is -2.35. The van der Waals surface area contributed by atoms with E-state index in [9.17, 15) is 4.79 Å². The normalized spacial score (nSPS) is 16.4. The second-order valence-corrected chi connectivity index (χ2v) is 7.45. The third kappa shape index (κ3) is 7.17. The Morgan fingerprint density at radius 3 is 2.77 bits per heavy atom. The number of hydrogen-bond acceptors (Lipinski definition) is 4. The molecule has 31 heavy (non-hydrogen) atoms. The molecule has 0 saturated carbocycles. The predicted molar refractivity (Wildman–Crippen MR) is 134 cm³/mol. The van der Waals surface area contributed by atoms with Crippen LogP contribution in [-0.4, -0.2) is 73.5 Å². The zero-order chi connectivity index (χ0) is 21.3. The summed E-state index contributed by atoms with van der Waals surface area (Å²) in [4.78, 5) is 25.1. The molecule has 2 aromatic rings. The first-order valence-corrected chi connectivity index (χ1v) is 10.3. The minimum atomic E-state index is -0.00440. The van der Waals surface area contributed by atoms with Gasteiger partial charge in [0.25, 0.3) is 0 Å². The molecule has 7 nitrogen and oxygen atoms in total. The number of guanidine groups is 1. The van der Waals surface area contributed by atoms with Gasteiger partial charge in [0.1, 0.15) is 6.10 Å². The molecule has 1 atom stereocenters. The average molecular weight is 537 g/mol. The molecule has 1 aromatic heterocycles. The zero-order valence-corrected chi connectivity index (χ0v) is 20.8. The first-order chi connectivity index (χ1) is 14.6. The second-order valence-electron chi connectivity index (χ2n) is 7.45. The number of ether oxygens (including phenoxy) is 1. The number of rotatable bonds is 6. The maximum absolute atomic E-state index is 12.5. The summed E-state index contributed by atoms with van der Waals surface area (Å²) < 4.78 is 6.00. The van der Waals surface area contributed by atoms with Gasteiger partial charge in [-0.3, -0.25) is 14.8 Å². The first kappa shape index (κ1) is 25.1. The fourth-order valence-corrected chi connectivity index (χ4v) is 3.55. The monoisotopic (exact) mass is 537 g/mol. The molecular formula is C23H32IN5O2. The van der Waals surface area contributed by atoms with E-state index in [2.05, 4.69) is 39.2 Å². The number of carbonyl (C=O) groups excluding carboxylic acids is 1. The Labute approximate surface area is 201 Å². The molecule has 0 aliphatic carbocycles. The summed E-state index contributed by atoms with van der Waals surface area (Å²) in [6.45, 7) is 5.00. The maximum atomic E-state index is 12.5. The molecule has 0 spiro atoms. The molecule has 1 aliphatic rings. The van der Waals surface area contributed by atoms with Crippen LogP contribution in [0.25, 0.3) is 0 Å². The highest BCUT2D eigenvalue weighted by Gasteiger charge is 2.25. The van der Waals surface area contributed by atoms with Crippen molar-refractivity contribution in [2.45, 2.75) is 19.4 Å². The Kier molecular flexibility index (Phi) is 10.2. The second kappa shape index (κ2) is 12.6. The van der Waals surface area contributed by atoms with Gasteiger partial charge in [0.15, 0.2) is 5.96 Å².